The summed E-state index contributed by atoms with van der Waals surface area (Å²) < 4.78 is 5.14. The van der Waals surface area contributed by atoms with Crippen LogP contribution in [0.25, 0.3) is 0 Å². The Labute approximate surface area is 120 Å². The number of rotatable bonds is 5. The predicted octanol–water partition coefficient (Wildman–Crippen LogP) is 1.88. The van der Waals surface area contributed by atoms with Gasteiger partial charge in [0.2, 0.25) is 0 Å². The maximum Gasteiger partial charge on any atom is 0.302 e. The zero-order chi connectivity index (χ0) is 14.5. The van der Waals surface area contributed by atoms with Crippen LogP contribution in [0.1, 0.15) is 30.9 Å². The quantitative estimate of drug-likeness (QED) is 0.835. The van der Waals surface area contributed by atoms with Crippen LogP contribution >= 0.6 is 0 Å². The smallest absolute Gasteiger partial charge is 0.302 e. The average Bonchev–Trinajstić information content (AvgIpc) is 2.81. The van der Waals surface area contributed by atoms with Crippen molar-refractivity contribution in [2.24, 2.45) is 0 Å². The Kier molecular flexibility index (Phi) is 5.15. The van der Waals surface area contributed by atoms with E-state index in [2.05, 4.69) is 36.1 Å². The summed E-state index contributed by atoms with van der Waals surface area (Å²) in [6, 6.07) is 8.80. The van der Waals surface area contributed by atoms with Crippen LogP contribution in [0.3, 0.4) is 0 Å². The molecule has 2 atom stereocenters. The van der Waals surface area contributed by atoms with Crippen molar-refractivity contribution in [1.82, 2.24) is 4.90 Å². The normalized spacial score (nSPS) is 22.9. The van der Waals surface area contributed by atoms with E-state index in [0.717, 1.165) is 19.4 Å². The highest BCUT2D eigenvalue weighted by atomic mass is 16.5. The summed E-state index contributed by atoms with van der Waals surface area (Å²) in [5.74, 6) is -0.243. The number of hydrogen-bond donors (Lipinski definition) is 1. The van der Waals surface area contributed by atoms with E-state index in [0.29, 0.717) is 6.61 Å². The van der Waals surface area contributed by atoms with Gasteiger partial charge in [-0.1, -0.05) is 29.8 Å². The van der Waals surface area contributed by atoms with E-state index < -0.39 is 0 Å². The number of aliphatic hydroxyl groups excluding tert-OH is 1. The number of carbonyl (C=O) groups excluding carboxylic acids is 1. The van der Waals surface area contributed by atoms with Crippen LogP contribution in [-0.4, -0.2) is 41.3 Å². The SMILES string of the molecule is CC(=O)OC[C@H]1CC[C@H](CO)N1Cc1ccc(C)cc1. The third-order valence-electron chi connectivity index (χ3n) is 3.95. The molecule has 0 aliphatic carbocycles. The molecule has 4 heteroatoms. The minimum atomic E-state index is -0.243. The molecular formula is C16H23NO3. The van der Waals surface area contributed by atoms with Crippen molar-refractivity contribution in [2.45, 2.75) is 45.3 Å². The molecule has 1 N–H and O–H groups in total. The molecule has 0 spiro atoms. The number of carbonyl (C=O) groups is 1. The minimum Gasteiger partial charge on any atom is -0.464 e. The molecule has 0 radical (unpaired) electrons. The molecule has 0 saturated carbocycles. The molecule has 1 aromatic rings. The fraction of sp³-hybridized carbons (Fsp3) is 0.562. The molecule has 0 amide bonds. The van der Waals surface area contributed by atoms with Crippen molar-refractivity contribution in [2.75, 3.05) is 13.2 Å². The zero-order valence-electron chi connectivity index (χ0n) is 12.2. The molecule has 1 aliphatic heterocycles. The van der Waals surface area contributed by atoms with E-state index in [1.54, 1.807) is 0 Å². The van der Waals surface area contributed by atoms with Crippen molar-refractivity contribution < 1.29 is 14.6 Å². The number of aliphatic hydroxyl groups is 1. The highest BCUT2D eigenvalue weighted by Crippen LogP contribution is 2.26. The first-order valence-electron chi connectivity index (χ1n) is 7.15. The van der Waals surface area contributed by atoms with E-state index in [1.807, 2.05) is 0 Å². The zero-order valence-corrected chi connectivity index (χ0v) is 12.2. The first-order chi connectivity index (χ1) is 9.60. The van der Waals surface area contributed by atoms with Crippen LogP contribution in [0.15, 0.2) is 24.3 Å². The fourth-order valence-corrected chi connectivity index (χ4v) is 2.77. The van der Waals surface area contributed by atoms with Gasteiger partial charge in [-0.2, -0.15) is 0 Å². The summed E-state index contributed by atoms with van der Waals surface area (Å²) in [7, 11) is 0. The summed E-state index contributed by atoms with van der Waals surface area (Å²) >= 11 is 0. The molecular weight excluding hydrogens is 254 g/mol. The highest BCUT2D eigenvalue weighted by Gasteiger charge is 2.33. The second kappa shape index (κ2) is 6.86. The number of hydrogen-bond acceptors (Lipinski definition) is 4. The predicted molar refractivity (Wildman–Crippen MR) is 77.3 cm³/mol. The van der Waals surface area contributed by atoms with Gasteiger partial charge >= 0.3 is 5.97 Å². The first-order valence-corrected chi connectivity index (χ1v) is 7.15. The van der Waals surface area contributed by atoms with Gasteiger partial charge in [0.1, 0.15) is 6.61 Å². The van der Waals surface area contributed by atoms with Gasteiger partial charge in [-0.05, 0) is 25.3 Å². The molecule has 20 heavy (non-hydrogen) atoms. The second-order valence-corrected chi connectivity index (χ2v) is 5.53. The second-order valence-electron chi connectivity index (χ2n) is 5.53. The van der Waals surface area contributed by atoms with Crippen molar-refractivity contribution in [1.29, 1.82) is 0 Å². The Hall–Kier alpha value is -1.39. The summed E-state index contributed by atoms with van der Waals surface area (Å²) in [6.45, 7) is 4.86. The molecule has 1 heterocycles. The molecule has 1 saturated heterocycles. The van der Waals surface area contributed by atoms with Gasteiger partial charge in [0, 0.05) is 25.6 Å². The van der Waals surface area contributed by atoms with E-state index in [-0.39, 0.29) is 24.7 Å². The van der Waals surface area contributed by atoms with Crippen LogP contribution in [0.4, 0.5) is 0 Å². The monoisotopic (exact) mass is 277 g/mol. The third-order valence-corrected chi connectivity index (χ3v) is 3.95. The van der Waals surface area contributed by atoms with E-state index in [1.165, 1.54) is 18.1 Å². The molecule has 0 aromatic heterocycles. The lowest BCUT2D eigenvalue weighted by atomic mass is 10.1. The number of aryl methyl sites for hydroxylation is 1. The molecule has 1 aliphatic rings. The standard InChI is InChI=1S/C16H23NO3/c1-12-3-5-14(6-4-12)9-17-15(10-18)7-8-16(17)11-20-13(2)19/h3-6,15-16,18H,7-11H2,1-2H3/t15-,16-/m1/s1. The van der Waals surface area contributed by atoms with Gasteiger partial charge in [-0.3, -0.25) is 9.69 Å². The molecule has 2 rings (SSSR count). The van der Waals surface area contributed by atoms with Gasteiger partial charge < -0.3 is 9.84 Å². The number of likely N-dealkylation sites (tertiary alicyclic amines) is 1. The lowest BCUT2D eigenvalue weighted by Crippen LogP contribution is -2.40. The van der Waals surface area contributed by atoms with Crippen molar-refractivity contribution >= 4 is 5.97 Å². The summed E-state index contributed by atoms with van der Waals surface area (Å²) in [4.78, 5) is 13.2. The maximum atomic E-state index is 11.0. The van der Waals surface area contributed by atoms with E-state index >= 15 is 0 Å². The van der Waals surface area contributed by atoms with Gasteiger partial charge in [0.05, 0.1) is 6.61 Å². The largest absolute Gasteiger partial charge is 0.464 e. The van der Waals surface area contributed by atoms with E-state index in [4.69, 9.17) is 4.74 Å². The summed E-state index contributed by atoms with van der Waals surface area (Å²) in [6.07, 6.45) is 1.92. The molecule has 1 aromatic carbocycles. The van der Waals surface area contributed by atoms with Crippen molar-refractivity contribution in [3.05, 3.63) is 35.4 Å². The van der Waals surface area contributed by atoms with Crippen LogP contribution in [0, 0.1) is 6.92 Å². The summed E-state index contributed by atoms with van der Waals surface area (Å²) in [5, 5.41) is 9.50. The van der Waals surface area contributed by atoms with Gasteiger partial charge in [-0.25, -0.2) is 0 Å². The first kappa shape index (κ1) is 15.0. The molecule has 110 valence electrons. The Morgan fingerprint density at radius 3 is 2.55 bits per heavy atom. The van der Waals surface area contributed by atoms with Gasteiger partial charge in [0.25, 0.3) is 0 Å². The van der Waals surface area contributed by atoms with Gasteiger partial charge in [0.15, 0.2) is 0 Å². The number of nitrogens with zero attached hydrogens (tertiary/aromatic N) is 1. The van der Waals surface area contributed by atoms with Crippen LogP contribution < -0.4 is 0 Å². The van der Waals surface area contributed by atoms with Crippen LogP contribution in [0.5, 0.6) is 0 Å². The molecule has 0 bridgehead atoms. The molecule has 4 nitrogen and oxygen atoms in total. The van der Waals surface area contributed by atoms with Gasteiger partial charge in [-0.15, -0.1) is 0 Å². The Morgan fingerprint density at radius 1 is 1.30 bits per heavy atom. The summed E-state index contributed by atoms with van der Waals surface area (Å²) in [5.41, 5.74) is 2.47. The lowest BCUT2D eigenvalue weighted by Gasteiger charge is -2.29. The fourth-order valence-electron chi connectivity index (χ4n) is 2.77. The highest BCUT2D eigenvalue weighted by molar-refractivity contribution is 5.65. The van der Waals surface area contributed by atoms with Crippen molar-refractivity contribution in [3.63, 3.8) is 0 Å². The molecule has 0 unspecified atom stereocenters. The molecule has 1 fully saturated rings. The maximum absolute atomic E-state index is 11.0. The number of ether oxygens (including phenoxy) is 1. The number of esters is 1. The average molecular weight is 277 g/mol. The van der Waals surface area contributed by atoms with Crippen LogP contribution in [-0.2, 0) is 16.1 Å². The lowest BCUT2D eigenvalue weighted by molar-refractivity contribution is -0.142. The van der Waals surface area contributed by atoms with E-state index in [9.17, 15) is 9.90 Å². The third kappa shape index (κ3) is 3.81. The Bertz CT molecular complexity index is 444. The Balaban J connectivity index is 2.03. The minimum absolute atomic E-state index is 0.155. The van der Waals surface area contributed by atoms with Crippen molar-refractivity contribution in [3.8, 4) is 0 Å². The number of benzene rings is 1. The topological polar surface area (TPSA) is 49.8 Å². The Morgan fingerprint density at radius 2 is 1.95 bits per heavy atom. The van der Waals surface area contributed by atoms with Crippen LogP contribution in [0.2, 0.25) is 0 Å².